The summed E-state index contributed by atoms with van der Waals surface area (Å²) in [5.41, 5.74) is -1.89. The van der Waals surface area contributed by atoms with Gasteiger partial charge in [0.05, 0.1) is 11.3 Å². The molecule has 0 saturated carbocycles. The van der Waals surface area contributed by atoms with E-state index < -0.39 is 28.6 Å². The number of carbonyl (C=O) groups is 2. The van der Waals surface area contributed by atoms with Crippen LogP contribution in [0.2, 0.25) is 5.02 Å². The molecule has 3 rings (SSSR count). The first-order valence-electron chi connectivity index (χ1n) is 6.93. The highest BCUT2D eigenvalue weighted by Crippen LogP contribution is 2.40. The minimum absolute atomic E-state index is 0.0176. The fourth-order valence-electron chi connectivity index (χ4n) is 2.59. The average molecular weight is 347 g/mol. The Hall–Kier alpha value is -2.77. The molecule has 0 unspecified atom stereocenters. The number of anilines is 1. The van der Waals surface area contributed by atoms with Crippen molar-refractivity contribution >= 4 is 34.7 Å². The molecule has 0 radical (unpaired) electrons. The van der Waals surface area contributed by atoms with Crippen LogP contribution >= 0.6 is 11.6 Å². The molecule has 1 heterocycles. The van der Waals surface area contributed by atoms with Crippen LogP contribution in [0.15, 0.2) is 42.5 Å². The van der Waals surface area contributed by atoms with Crippen LogP contribution in [-0.4, -0.2) is 21.7 Å². The number of halogens is 1. The molecule has 0 fully saturated rings. The van der Waals surface area contributed by atoms with Crippen LogP contribution in [-0.2, 0) is 10.4 Å². The second-order valence-electron chi connectivity index (χ2n) is 5.41. The van der Waals surface area contributed by atoms with Crippen molar-refractivity contribution in [1.29, 1.82) is 0 Å². The molecule has 1 atom stereocenters. The molecule has 122 valence electrons. The zero-order chi connectivity index (χ0) is 17.5. The van der Waals surface area contributed by atoms with Gasteiger partial charge in [0, 0.05) is 34.0 Å². The number of nitro benzene ring substituents is 1. The summed E-state index contributed by atoms with van der Waals surface area (Å²) in [7, 11) is 0. The van der Waals surface area contributed by atoms with Gasteiger partial charge in [0.25, 0.3) is 11.6 Å². The van der Waals surface area contributed by atoms with Crippen molar-refractivity contribution in [2.24, 2.45) is 0 Å². The Morgan fingerprint density at radius 2 is 1.92 bits per heavy atom. The first-order chi connectivity index (χ1) is 11.3. The van der Waals surface area contributed by atoms with Gasteiger partial charge in [-0.15, -0.1) is 0 Å². The second-order valence-corrected chi connectivity index (χ2v) is 5.84. The maximum absolute atomic E-state index is 12.4. The van der Waals surface area contributed by atoms with Crippen LogP contribution in [0.1, 0.15) is 22.3 Å². The van der Waals surface area contributed by atoms with Crippen molar-refractivity contribution in [1.82, 2.24) is 0 Å². The van der Waals surface area contributed by atoms with E-state index in [1.165, 1.54) is 36.4 Å². The maximum atomic E-state index is 12.4. The van der Waals surface area contributed by atoms with Gasteiger partial charge in [-0.3, -0.25) is 19.7 Å². The van der Waals surface area contributed by atoms with Crippen LogP contribution in [0.3, 0.4) is 0 Å². The summed E-state index contributed by atoms with van der Waals surface area (Å²) >= 11 is 5.76. The number of nitrogens with zero attached hydrogens (tertiary/aromatic N) is 1. The van der Waals surface area contributed by atoms with Crippen molar-refractivity contribution in [2.45, 2.75) is 12.0 Å². The number of carbonyl (C=O) groups excluding carboxylic acids is 2. The number of ketones is 1. The zero-order valence-corrected chi connectivity index (χ0v) is 12.9. The van der Waals surface area contributed by atoms with E-state index in [1.807, 2.05) is 0 Å². The Labute approximate surface area is 141 Å². The Balaban J connectivity index is 1.97. The fraction of sp³-hybridized carbons (Fsp3) is 0.125. The van der Waals surface area contributed by atoms with Gasteiger partial charge in [0.15, 0.2) is 11.4 Å². The molecule has 1 aliphatic heterocycles. The number of amides is 1. The zero-order valence-electron chi connectivity index (χ0n) is 12.2. The quantitative estimate of drug-likeness (QED) is 0.502. The largest absolute Gasteiger partial charge is 0.375 e. The molecular weight excluding hydrogens is 336 g/mol. The molecular formula is C16H11ClN2O5. The molecule has 0 bridgehead atoms. The van der Waals surface area contributed by atoms with Gasteiger partial charge in [0.1, 0.15) is 0 Å². The summed E-state index contributed by atoms with van der Waals surface area (Å²) in [6.07, 6.45) is -0.533. The van der Waals surface area contributed by atoms with Crippen molar-refractivity contribution < 1.29 is 19.6 Å². The van der Waals surface area contributed by atoms with Crippen LogP contribution < -0.4 is 5.32 Å². The van der Waals surface area contributed by atoms with Crippen LogP contribution in [0.4, 0.5) is 11.4 Å². The number of hydrogen-bond donors (Lipinski definition) is 2. The molecule has 0 aromatic heterocycles. The Bertz CT molecular complexity index is 865. The van der Waals surface area contributed by atoms with Gasteiger partial charge >= 0.3 is 0 Å². The molecule has 0 spiro atoms. The summed E-state index contributed by atoms with van der Waals surface area (Å²) in [5, 5.41) is 24.5. The van der Waals surface area contributed by atoms with Gasteiger partial charge in [-0.05, 0) is 30.3 Å². The lowest BCUT2D eigenvalue weighted by atomic mass is 9.88. The maximum Gasteiger partial charge on any atom is 0.269 e. The highest BCUT2D eigenvalue weighted by Gasteiger charge is 2.47. The predicted molar refractivity (Wildman–Crippen MR) is 86.0 cm³/mol. The first-order valence-corrected chi connectivity index (χ1v) is 7.30. The number of nitro groups is 1. The van der Waals surface area contributed by atoms with Crippen LogP contribution in [0, 0.1) is 10.1 Å². The lowest BCUT2D eigenvalue weighted by Crippen LogP contribution is -2.36. The first kappa shape index (κ1) is 16.1. The third-order valence-electron chi connectivity index (χ3n) is 3.87. The van der Waals surface area contributed by atoms with Crippen molar-refractivity contribution in [3.05, 3.63) is 68.7 Å². The fourth-order valence-corrected chi connectivity index (χ4v) is 2.72. The number of hydrogen-bond acceptors (Lipinski definition) is 5. The average Bonchev–Trinajstić information content (AvgIpc) is 2.78. The summed E-state index contributed by atoms with van der Waals surface area (Å²) in [4.78, 5) is 34.8. The summed E-state index contributed by atoms with van der Waals surface area (Å²) in [6, 6.07) is 9.65. The summed E-state index contributed by atoms with van der Waals surface area (Å²) < 4.78 is 0. The molecule has 1 amide bonds. The highest BCUT2D eigenvalue weighted by molar-refractivity contribution is 6.30. The minimum Gasteiger partial charge on any atom is -0.375 e. The molecule has 2 N–H and O–H groups in total. The van der Waals surface area contributed by atoms with E-state index in [9.17, 15) is 24.8 Å². The lowest BCUT2D eigenvalue weighted by molar-refractivity contribution is -0.385. The van der Waals surface area contributed by atoms with Crippen LogP contribution in [0.5, 0.6) is 0 Å². The van der Waals surface area contributed by atoms with Crippen molar-refractivity contribution in [2.75, 3.05) is 5.32 Å². The molecule has 24 heavy (non-hydrogen) atoms. The van der Waals surface area contributed by atoms with Crippen molar-refractivity contribution in [3.8, 4) is 0 Å². The molecule has 2 aromatic rings. The van der Waals surface area contributed by atoms with Gasteiger partial charge in [-0.2, -0.15) is 0 Å². The minimum atomic E-state index is -2.15. The number of benzene rings is 2. The van der Waals surface area contributed by atoms with E-state index in [4.69, 9.17) is 11.6 Å². The van der Waals surface area contributed by atoms with E-state index in [1.54, 1.807) is 0 Å². The van der Waals surface area contributed by atoms with E-state index in [-0.39, 0.29) is 22.5 Å². The molecule has 7 nitrogen and oxygen atoms in total. The number of fused-ring (bicyclic) bond motifs is 1. The molecule has 8 heteroatoms. The Kier molecular flexibility index (Phi) is 3.82. The Morgan fingerprint density at radius 1 is 1.25 bits per heavy atom. The van der Waals surface area contributed by atoms with Crippen LogP contribution in [0.25, 0.3) is 0 Å². The molecule has 0 saturated heterocycles. The van der Waals surface area contributed by atoms with E-state index in [0.29, 0.717) is 5.02 Å². The SMILES string of the molecule is O=C(C[C@@]1(O)C(=O)Nc2ccc([N+](=O)[O-])cc21)c1ccc(Cl)cc1. The van der Waals surface area contributed by atoms with Gasteiger partial charge in [0.2, 0.25) is 0 Å². The summed E-state index contributed by atoms with van der Waals surface area (Å²) in [6.45, 7) is 0. The third-order valence-corrected chi connectivity index (χ3v) is 4.12. The number of nitrogens with one attached hydrogen (secondary N) is 1. The van der Waals surface area contributed by atoms with E-state index in [2.05, 4.69) is 5.32 Å². The number of aliphatic hydroxyl groups is 1. The molecule has 2 aromatic carbocycles. The smallest absolute Gasteiger partial charge is 0.269 e. The number of non-ortho nitro benzene ring substituents is 1. The summed E-state index contributed by atoms with van der Waals surface area (Å²) in [5.74, 6) is -1.27. The van der Waals surface area contributed by atoms with Gasteiger partial charge < -0.3 is 10.4 Å². The number of Topliss-reactive ketones (excluding diaryl/α,β-unsaturated/α-hetero) is 1. The molecule has 1 aliphatic rings. The topological polar surface area (TPSA) is 110 Å². The molecule has 0 aliphatic carbocycles. The lowest BCUT2D eigenvalue weighted by Gasteiger charge is -2.19. The normalized spacial score (nSPS) is 18.8. The third kappa shape index (κ3) is 2.64. The monoisotopic (exact) mass is 346 g/mol. The van der Waals surface area contributed by atoms with Gasteiger partial charge in [-0.25, -0.2) is 0 Å². The Morgan fingerprint density at radius 3 is 2.54 bits per heavy atom. The highest BCUT2D eigenvalue weighted by atomic mass is 35.5. The number of rotatable bonds is 4. The van der Waals surface area contributed by atoms with E-state index in [0.717, 1.165) is 6.07 Å². The van der Waals surface area contributed by atoms with Crippen molar-refractivity contribution in [3.63, 3.8) is 0 Å². The predicted octanol–water partition coefficient (Wildman–Crippen LogP) is 2.66. The van der Waals surface area contributed by atoms with Gasteiger partial charge in [-0.1, -0.05) is 11.6 Å². The second kappa shape index (κ2) is 5.70. The van der Waals surface area contributed by atoms with E-state index >= 15 is 0 Å². The standard InChI is InChI=1S/C16H11ClN2O5/c17-10-3-1-9(2-4-10)14(20)8-16(22)12-7-11(19(23)24)5-6-13(12)18-15(16)21/h1-7,22H,8H2,(H,18,21)/t16-/m0/s1.